The molecule has 0 aromatic heterocycles. The predicted molar refractivity (Wildman–Crippen MR) is 111 cm³/mol. The highest BCUT2D eigenvalue weighted by atomic mass is 35.5. The Morgan fingerprint density at radius 3 is 1.87 bits per heavy atom. The second-order valence-electron chi connectivity index (χ2n) is 6.19. The van der Waals surface area contributed by atoms with Crippen LogP contribution in [0, 0.1) is 0 Å². The highest BCUT2D eigenvalue weighted by Crippen LogP contribution is 2.39. The maximum Gasteiger partial charge on any atom is 0.417 e. The number of hydrogen-bond donors (Lipinski definition) is 1. The quantitative estimate of drug-likeness (QED) is 0.245. The first kappa shape index (κ1) is 22.2. The number of carboxylic acid groups (broad SMARTS) is 1. The van der Waals surface area contributed by atoms with Gasteiger partial charge in [-0.15, -0.1) is 0 Å². The van der Waals surface area contributed by atoms with E-state index in [1.165, 1.54) is 24.3 Å². The number of carbonyl (C=O) groups is 2. The van der Waals surface area contributed by atoms with Gasteiger partial charge in [0.1, 0.15) is 0 Å². The molecular weight excluding hydrogens is 464 g/mol. The van der Waals surface area contributed by atoms with Gasteiger partial charge in [0.15, 0.2) is 5.78 Å². The topological polar surface area (TPSA) is 54.4 Å². The van der Waals surface area contributed by atoms with Crippen molar-refractivity contribution < 1.29 is 27.9 Å². The molecule has 1 N–H and O–H groups in total. The van der Waals surface area contributed by atoms with Gasteiger partial charge in [-0.1, -0.05) is 59.1 Å². The van der Waals surface area contributed by atoms with Gasteiger partial charge < -0.3 is 5.11 Å². The number of hydrogen-bond acceptors (Lipinski definition) is 2. The number of halogens is 6. The summed E-state index contributed by atoms with van der Waals surface area (Å²) in [4.78, 5) is 24.2. The van der Waals surface area contributed by atoms with Crippen LogP contribution in [0.1, 0.15) is 26.3 Å². The van der Waals surface area contributed by atoms with Crippen LogP contribution < -0.4 is 0 Å². The first-order valence-corrected chi connectivity index (χ1v) is 9.37. The third-order valence-electron chi connectivity index (χ3n) is 4.30. The SMILES string of the molecule is O=C(O)c1ccc(C(=O)C=C(c2cc(Cl)c(Cl)c(Cl)c2)C(F)(F)F)c2ccccc12. The molecule has 0 unspecified atom stereocenters. The highest BCUT2D eigenvalue weighted by Gasteiger charge is 2.36. The Balaban J connectivity index is 2.20. The summed E-state index contributed by atoms with van der Waals surface area (Å²) in [6.45, 7) is 0. The Morgan fingerprint density at radius 1 is 0.867 bits per heavy atom. The van der Waals surface area contributed by atoms with E-state index in [0.29, 0.717) is 6.08 Å². The highest BCUT2D eigenvalue weighted by molar-refractivity contribution is 6.48. The molecule has 0 bridgehead atoms. The molecule has 0 heterocycles. The third kappa shape index (κ3) is 4.31. The van der Waals surface area contributed by atoms with Gasteiger partial charge in [0.25, 0.3) is 0 Å². The van der Waals surface area contributed by atoms with E-state index in [2.05, 4.69) is 0 Å². The van der Waals surface area contributed by atoms with Gasteiger partial charge in [-0.3, -0.25) is 4.79 Å². The van der Waals surface area contributed by atoms with Crippen molar-refractivity contribution in [2.75, 3.05) is 0 Å². The van der Waals surface area contributed by atoms with Gasteiger partial charge in [0, 0.05) is 5.56 Å². The van der Waals surface area contributed by atoms with Gasteiger partial charge in [0.2, 0.25) is 0 Å². The summed E-state index contributed by atoms with van der Waals surface area (Å²) in [6.07, 6.45) is -4.47. The molecule has 30 heavy (non-hydrogen) atoms. The van der Waals surface area contributed by atoms with Crippen LogP contribution in [0.4, 0.5) is 13.2 Å². The minimum Gasteiger partial charge on any atom is -0.478 e. The van der Waals surface area contributed by atoms with E-state index < -0.39 is 29.1 Å². The van der Waals surface area contributed by atoms with Crippen molar-refractivity contribution >= 4 is 62.9 Å². The third-order valence-corrected chi connectivity index (χ3v) is 5.49. The minimum atomic E-state index is -4.90. The molecule has 3 rings (SSSR count). The maximum absolute atomic E-state index is 13.7. The number of alkyl halides is 3. The van der Waals surface area contributed by atoms with Crippen LogP contribution in [0.5, 0.6) is 0 Å². The lowest BCUT2D eigenvalue weighted by molar-refractivity contribution is -0.0689. The van der Waals surface area contributed by atoms with Crippen molar-refractivity contribution in [2.24, 2.45) is 0 Å². The molecule has 0 atom stereocenters. The fourth-order valence-electron chi connectivity index (χ4n) is 2.95. The van der Waals surface area contributed by atoms with Gasteiger partial charge in [-0.2, -0.15) is 13.2 Å². The molecule has 0 aliphatic carbocycles. The molecule has 0 aliphatic rings. The van der Waals surface area contributed by atoms with Crippen molar-refractivity contribution in [2.45, 2.75) is 6.18 Å². The Bertz CT molecular complexity index is 1190. The van der Waals surface area contributed by atoms with E-state index in [-0.39, 0.29) is 37.0 Å². The maximum atomic E-state index is 13.7. The molecule has 0 saturated carbocycles. The predicted octanol–water partition coefficient (Wildman–Crippen LogP) is 7.33. The standard InChI is InChI=1S/C21H10Cl3F3O3/c22-16-7-10(8-17(23)19(16)24)15(21(25,26)27)9-18(28)13-5-6-14(20(29)30)12-4-2-1-3-11(12)13/h1-9H,(H,29,30). The molecule has 0 amide bonds. The molecule has 0 saturated heterocycles. The minimum absolute atomic E-state index is 0.0709. The van der Waals surface area contributed by atoms with Crippen LogP contribution in [0.25, 0.3) is 16.3 Å². The lowest BCUT2D eigenvalue weighted by Gasteiger charge is -2.14. The summed E-state index contributed by atoms with van der Waals surface area (Å²) >= 11 is 17.5. The summed E-state index contributed by atoms with van der Waals surface area (Å²) in [5, 5.41) is 9.25. The van der Waals surface area contributed by atoms with Crippen molar-refractivity contribution in [3.8, 4) is 0 Å². The Labute approximate surface area is 183 Å². The van der Waals surface area contributed by atoms with Crippen molar-refractivity contribution in [1.82, 2.24) is 0 Å². The van der Waals surface area contributed by atoms with Crippen LogP contribution >= 0.6 is 34.8 Å². The van der Waals surface area contributed by atoms with E-state index in [4.69, 9.17) is 34.8 Å². The largest absolute Gasteiger partial charge is 0.478 e. The van der Waals surface area contributed by atoms with E-state index in [1.54, 1.807) is 12.1 Å². The van der Waals surface area contributed by atoms with Crippen LogP contribution in [0.2, 0.25) is 15.1 Å². The van der Waals surface area contributed by atoms with Gasteiger partial charge in [0.05, 0.1) is 26.2 Å². The molecule has 0 radical (unpaired) electrons. The lowest BCUT2D eigenvalue weighted by atomic mass is 9.95. The first-order valence-electron chi connectivity index (χ1n) is 8.24. The first-order chi connectivity index (χ1) is 14.0. The van der Waals surface area contributed by atoms with E-state index >= 15 is 0 Å². The molecule has 3 nitrogen and oxygen atoms in total. The van der Waals surface area contributed by atoms with Gasteiger partial charge in [-0.25, -0.2) is 4.79 Å². The average Bonchev–Trinajstić information content (AvgIpc) is 2.67. The molecule has 0 fully saturated rings. The zero-order valence-electron chi connectivity index (χ0n) is 14.7. The zero-order chi connectivity index (χ0) is 22.2. The number of allylic oxidation sites excluding steroid dienone is 2. The summed E-state index contributed by atoms with van der Waals surface area (Å²) < 4.78 is 41.1. The van der Waals surface area contributed by atoms with E-state index in [0.717, 1.165) is 12.1 Å². The van der Waals surface area contributed by atoms with Crippen molar-refractivity contribution in [3.05, 3.63) is 86.4 Å². The number of fused-ring (bicyclic) bond motifs is 1. The number of rotatable bonds is 4. The number of ketones is 1. The number of carbonyl (C=O) groups excluding carboxylic acids is 1. The van der Waals surface area contributed by atoms with Crippen LogP contribution in [-0.4, -0.2) is 23.0 Å². The second-order valence-corrected chi connectivity index (χ2v) is 7.38. The number of aromatic carboxylic acids is 1. The van der Waals surface area contributed by atoms with Crippen LogP contribution in [0.15, 0.2) is 54.6 Å². The van der Waals surface area contributed by atoms with Gasteiger partial charge >= 0.3 is 12.1 Å². The average molecular weight is 474 g/mol. The van der Waals surface area contributed by atoms with Crippen LogP contribution in [0.3, 0.4) is 0 Å². The number of benzene rings is 3. The zero-order valence-corrected chi connectivity index (χ0v) is 17.0. The Hall–Kier alpha value is -2.54. The lowest BCUT2D eigenvalue weighted by Crippen LogP contribution is -2.13. The summed E-state index contributed by atoms with van der Waals surface area (Å²) in [7, 11) is 0. The summed E-state index contributed by atoms with van der Waals surface area (Å²) in [6, 6.07) is 10.3. The van der Waals surface area contributed by atoms with Crippen molar-refractivity contribution in [1.29, 1.82) is 0 Å². The molecule has 0 aliphatic heterocycles. The molecule has 3 aromatic carbocycles. The molecule has 154 valence electrons. The Kier molecular flexibility index (Phi) is 6.13. The summed E-state index contributed by atoms with van der Waals surface area (Å²) in [5.74, 6) is -2.18. The molecular formula is C21H10Cl3F3O3. The Morgan fingerprint density at radius 2 is 1.37 bits per heavy atom. The number of carboxylic acids is 1. The van der Waals surface area contributed by atoms with E-state index in [1.807, 2.05) is 0 Å². The molecule has 9 heteroatoms. The summed E-state index contributed by atoms with van der Waals surface area (Å²) in [5.41, 5.74) is -1.84. The second kappa shape index (κ2) is 8.30. The molecule has 0 spiro atoms. The van der Waals surface area contributed by atoms with Crippen LogP contribution in [-0.2, 0) is 0 Å². The van der Waals surface area contributed by atoms with Gasteiger partial charge in [-0.05, 0) is 46.7 Å². The monoisotopic (exact) mass is 472 g/mol. The normalized spacial score (nSPS) is 12.3. The van der Waals surface area contributed by atoms with Crippen molar-refractivity contribution in [3.63, 3.8) is 0 Å². The van der Waals surface area contributed by atoms with E-state index in [9.17, 15) is 27.9 Å². The molecule has 3 aromatic rings. The fourth-order valence-corrected chi connectivity index (χ4v) is 3.55. The fraction of sp³-hybridized carbons (Fsp3) is 0.0476. The smallest absolute Gasteiger partial charge is 0.417 e.